The van der Waals surface area contributed by atoms with E-state index >= 15 is 0 Å². The number of pyridine rings is 1. The molecule has 4 rings (SSSR count). The van der Waals surface area contributed by atoms with Gasteiger partial charge in [-0.25, -0.2) is 4.98 Å². The number of carbonyl (C=O) groups is 1. The van der Waals surface area contributed by atoms with Gasteiger partial charge in [-0.1, -0.05) is 30.3 Å². The summed E-state index contributed by atoms with van der Waals surface area (Å²) in [4.78, 5) is 18.5. The lowest BCUT2D eigenvalue weighted by Crippen LogP contribution is -2.21. The number of benzene rings is 2. The Labute approximate surface area is 170 Å². The van der Waals surface area contributed by atoms with E-state index in [2.05, 4.69) is 23.2 Å². The Hall–Kier alpha value is -3.44. The summed E-state index contributed by atoms with van der Waals surface area (Å²) in [7, 11) is 3.52. The maximum atomic E-state index is 12.5. The molecule has 0 saturated carbocycles. The van der Waals surface area contributed by atoms with Gasteiger partial charge in [-0.3, -0.25) is 4.79 Å². The number of amides is 1. The van der Waals surface area contributed by atoms with Crippen LogP contribution in [-0.2, 0) is 0 Å². The molecule has 0 atom stereocenters. The molecular formula is C24H23N3O2. The minimum atomic E-state index is -0.0172. The number of aromatic nitrogens is 1. The standard InChI is InChI=1S/C24H23N3O2/c1-27(2)24(28)17-9-10-20-18-7-3-4-8-19(18)21(22(20)15-17)14-16-6-5-12-26-23(16)29-13-11-25/h3-10,12,14-15H,11,13,25H2,1-2H3. The van der Waals surface area contributed by atoms with E-state index in [1.165, 1.54) is 0 Å². The Kier molecular flexibility index (Phi) is 5.14. The number of carbonyl (C=O) groups excluding carboxylic acids is 1. The fraction of sp³-hybridized carbons (Fsp3) is 0.167. The summed E-state index contributed by atoms with van der Waals surface area (Å²) >= 11 is 0. The Morgan fingerprint density at radius 1 is 1.03 bits per heavy atom. The largest absolute Gasteiger partial charge is 0.476 e. The Balaban J connectivity index is 1.88. The minimum Gasteiger partial charge on any atom is -0.476 e. The van der Waals surface area contributed by atoms with Crippen molar-refractivity contribution in [3.05, 3.63) is 83.0 Å². The summed E-state index contributed by atoms with van der Waals surface area (Å²) in [6.45, 7) is 0.829. The van der Waals surface area contributed by atoms with E-state index in [4.69, 9.17) is 10.5 Å². The van der Waals surface area contributed by atoms with Gasteiger partial charge in [-0.15, -0.1) is 0 Å². The molecule has 0 fully saturated rings. The molecule has 146 valence electrons. The van der Waals surface area contributed by atoms with Crippen molar-refractivity contribution in [2.45, 2.75) is 0 Å². The van der Waals surface area contributed by atoms with Gasteiger partial charge in [-0.05, 0) is 58.2 Å². The van der Waals surface area contributed by atoms with Gasteiger partial charge in [0.1, 0.15) is 6.61 Å². The quantitative estimate of drug-likeness (QED) is 0.569. The molecule has 0 radical (unpaired) electrons. The maximum absolute atomic E-state index is 12.5. The van der Waals surface area contributed by atoms with Crippen LogP contribution >= 0.6 is 0 Å². The van der Waals surface area contributed by atoms with Crippen LogP contribution in [0, 0.1) is 0 Å². The Morgan fingerprint density at radius 2 is 1.79 bits per heavy atom. The molecule has 1 aromatic heterocycles. The zero-order chi connectivity index (χ0) is 20.4. The van der Waals surface area contributed by atoms with Gasteiger partial charge < -0.3 is 15.4 Å². The molecule has 5 heteroatoms. The maximum Gasteiger partial charge on any atom is 0.253 e. The molecule has 5 nitrogen and oxygen atoms in total. The van der Waals surface area contributed by atoms with Crippen LogP contribution in [0.25, 0.3) is 22.8 Å². The lowest BCUT2D eigenvalue weighted by atomic mass is 9.99. The number of hydrogen-bond donors (Lipinski definition) is 1. The topological polar surface area (TPSA) is 68.5 Å². The molecule has 0 bridgehead atoms. The van der Waals surface area contributed by atoms with Crippen LogP contribution in [0.4, 0.5) is 0 Å². The number of nitrogens with two attached hydrogens (primary N) is 1. The highest BCUT2D eigenvalue weighted by atomic mass is 16.5. The summed E-state index contributed by atoms with van der Waals surface area (Å²) in [5.74, 6) is 0.536. The number of hydrogen-bond acceptors (Lipinski definition) is 4. The molecule has 1 aliphatic rings. The first kappa shape index (κ1) is 18.9. The smallest absolute Gasteiger partial charge is 0.253 e. The number of fused-ring (bicyclic) bond motifs is 3. The third-order valence-corrected chi connectivity index (χ3v) is 4.93. The molecule has 0 unspecified atom stereocenters. The van der Waals surface area contributed by atoms with E-state index in [-0.39, 0.29) is 5.91 Å². The lowest BCUT2D eigenvalue weighted by molar-refractivity contribution is 0.0827. The van der Waals surface area contributed by atoms with E-state index in [1.54, 1.807) is 25.2 Å². The van der Waals surface area contributed by atoms with E-state index < -0.39 is 0 Å². The van der Waals surface area contributed by atoms with Crippen molar-refractivity contribution in [2.75, 3.05) is 27.2 Å². The normalized spacial score (nSPS) is 13.1. The van der Waals surface area contributed by atoms with Crippen LogP contribution in [0.5, 0.6) is 5.88 Å². The molecule has 1 amide bonds. The van der Waals surface area contributed by atoms with E-state index in [0.717, 1.165) is 33.4 Å². The second-order valence-corrected chi connectivity index (χ2v) is 7.10. The molecule has 3 aromatic rings. The van der Waals surface area contributed by atoms with Gasteiger partial charge in [0.25, 0.3) is 5.91 Å². The second kappa shape index (κ2) is 7.89. The monoisotopic (exact) mass is 385 g/mol. The minimum absolute atomic E-state index is 0.0172. The number of ether oxygens (including phenoxy) is 1. The van der Waals surface area contributed by atoms with Crippen LogP contribution in [0.15, 0.2) is 60.8 Å². The predicted molar refractivity (Wildman–Crippen MR) is 116 cm³/mol. The van der Waals surface area contributed by atoms with Crippen molar-refractivity contribution < 1.29 is 9.53 Å². The van der Waals surface area contributed by atoms with Crippen LogP contribution in [0.3, 0.4) is 0 Å². The van der Waals surface area contributed by atoms with E-state index in [1.807, 2.05) is 42.5 Å². The van der Waals surface area contributed by atoms with Gasteiger partial charge >= 0.3 is 0 Å². The Bertz CT molecular complexity index is 1100. The van der Waals surface area contributed by atoms with E-state index in [9.17, 15) is 4.79 Å². The number of nitrogens with zero attached hydrogens (tertiary/aromatic N) is 2. The van der Waals surface area contributed by atoms with Crippen molar-refractivity contribution in [1.29, 1.82) is 0 Å². The van der Waals surface area contributed by atoms with Crippen molar-refractivity contribution in [3.63, 3.8) is 0 Å². The molecular weight excluding hydrogens is 362 g/mol. The van der Waals surface area contributed by atoms with Gasteiger partial charge in [0.15, 0.2) is 0 Å². The fourth-order valence-electron chi connectivity index (χ4n) is 3.59. The van der Waals surface area contributed by atoms with E-state index in [0.29, 0.717) is 24.6 Å². The fourth-order valence-corrected chi connectivity index (χ4v) is 3.59. The summed E-state index contributed by atoms with van der Waals surface area (Å²) in [5.41, 5.74) is 12.6. The van der Waals surface area contributed by atoms with Gasteiger partial charge in [0, 0.05) is 38.0 Å². The van der Waals surface area contributed by atoms with Crippen molar-refractivity contribution in [2.24, 2.45) is 5.73 Å². The van der Waals surface area contributed by atoms with Crippen molar-refractivity contribution in [1.82, 2.24) is 9.88 Å². The highest BCUT2D eigenvalue weighted by Crippen LogP contribution is 2.45. The summed E-state index contributed by atoms with van der Waals surface area (Å²) in [6.07, 6.45) is 3.78. The van der Waals surface area contributed by atoms with Crippen molar-refractivity contribution >= 4 is 17.6 Å². The molecule has 0 spiro atoms. The molecule has 1 aliphatic carbocycles. The summed E-state index contributed by atoms with van der Waals surface area (Å²) in [6, 6.07) is 18.0. The average molecular weight is 385 g/mol. The lowest BCUT2D eigenvalue weighted by Gasteiger charge is -2.12. The van der Waals surface area contributed by atoms with Crippen LogP contribution in [0.1, 0.15) is 27.0 Å². The predicted octanol–water partition coefficient (Wildman–Crippen LogP) is 3.69. The first-order valence-electron chi connectivity index (χ1n) is 9.55. The number of rotatable bonds is 5. The SMILES string of the molecule is CN(C)C(=O)c1ccc2c(c1)C(=Cc1cccnc1OCCN)c1ccccc1-2. The molecule has 2 aromatic carbocycles. The summed E-state index contributed by atoms with van der Waals surface area (Å²) < 4.78 is 5.72. The highest BCUT2D eigenvalue weighted by molar-refractivity contribution is 6.08. The van der Waals surface area contributed by atoms with Crippen LogP contribution in [-0.4, -0.2) is 43.0 Å². The van der Waals surface area contributed by atoms with Crippen LogP contribution < -0.4 is 10.5 Å². The Morgan fingerprint density at radius 3 is 2.55 bits per heavy atom. The van der Waals surface area contributed by atoms with Gasteiger partial charge in [0.2, 0.25) is 5.88 Å². The average Bonchev–Trinajstić information content (AvgIpc) is 3.05. The van der Waals surface area contributed by atoms with Gasteiger partial charge in [-0.2, -0.15) is 0 Å². The molecule has 29 heavy (non-hydrogen) atoms. The van der Waals surface area contributed by atoms with Crippen LogP contribution in [0.2, 0.25) is 0 Å². The molecule has 1 heterocycles. The van der Waals surface area contributed by atoms with Crippen molar-refractivity contribution in [3.8, 4) is 17.0 Å². The molecule has 0 aliphatic heterocycles. The first-order chi connectivity index (χ1) is 14.1. The third-order valence-electron chi connectivity index (χ3n) is 4.93. The zero-order valence-electron chi connectivity index (χ0n) is 16.6. The summed E-state index contributed by atoms with van der Waals surface area (Å²) in [5, 5.41) is 0. The zero-order valence-corrected chi connectivity index (χ0v) is 16.6. The molecule has 0 saturated heterocycles. The second-order valence-electron chi connectivity index (χ2n) is 7.10. The third kappa shape index (κ3) is 3.52. The molecule has 2 N–H and O–H groups in total. The highest BCUT2D eigenvalue weighted by Gasteiger charge is 2.25. The first-order valence-corrected chi connectivity index (χ1v) is 9.55. The van der Waals surface area contributed by atoms with Gasteiger partial charge in [0.05, 0.1) is 0 Å².